The lowest BCUT2D eigenvalue weighted by molar-refractivity contribution is -0.0498. The van der Waals surface area contributed by atoms with Gasteiger partial charge in [-0.25, -0.2) is 4.98 Å². The van der Waals surface area contributed by atoms with E-state index in [0.717, 1.165) is 48.5 Å². The summed E-state index contributed by atoms with van der Waals surface area (Å²) in [6.45, 7) is -0.789. The molecule has 132 valence electrons. The van der Waals surface area contributed by atoms with Gasteiger partial charge < -0.3 is 9.72 Å². The van der Waals surface area contributed by atoms with Crippen molar-refractivity contribution >= 4 is 0 Å². The molecule has 0 spiro atoms. The van der Waals surface area contributed by atoms with Crippen molar-refractivity contribution in [3.05, 3.63) is 57.3 Å². The summed E-state index contributed by atoms with van der Waals surface area (Å²) in [7, 11) is 0. The Bertz CT molecular complexity index is 816. The van der Waals surface area contributed by atoms with Crippen LogP contribution in [0.2, 0.25) is 0 Å². The molecule has 1 N–H and O–H groups in total. The SMILES string of the molecule is O=c1[nH]c(C2CC2)nc2c1CN(Cc1ccc(OC(F)F)cc1)CC2. The summed E-state index contributed by atoms with van der Waals surface area (Å²) in [5.74, 6) is 1.42. The van der Waals surface area contributed by atoms with E-state index in [0.29, 0.717) is 19.0 Å². The molecule has 0 bridgehead atoms. The molecule has 0 unspecified atom stereocenters. The first-order valence-electron chi connectivity index (χ1n) is 8.46. The quantitative estimate of drug-likeness (QED) is 0.904. The molecule has 0 saturated heterocycles. The minimum absolute atomic E-state index is 0.0303. The van der Waals surface area contributed by atoms with Crippen molar-refractivity contribution in [3.8, 4) is 5.75 Å². The maximum absolute atomic E-state index is 12.4. The van der Waals surface area contributed by atoms with E-state index in [4.69, 9.17) is 0 Å². The summed E-state index contributed by atoms with van der Waals surface area (Å²) in [4.78, 5) is 22.1. The Balaban J connectivity index is 1.44. The van der Waals surface area contributed by atoms with Gasteiger partial charge in [0.25, 0.3) is 5.56 Å². The Morgan fingerprint density at radius 3 is 2.72 bits per heavy atom. The predicted octanol–water partition coefficient (Wildman–Crippen LogP) is 2.81. The molecule has 0 atom stereocenters. The monoisotopic (exact) mass is 347 g/mol. The van der Waals surface area contributed by atoms with Gasteiger partial charge in [-0.1, -0.05) is 12.1 Å². The van der Waals surface area contributed by atoms with Crippen LogP contribution in [0.25, 0.3) is 0 Å². The van der Waals surface area contributed by atoms with E-state index in [2.05, 4.69) is 19.6 Å². The van der Waals surface area contributed by atoms with E-state index in [-0.39, 0.29) is 11.3 Å². The summed E-state index contributed by atoms with van der Waals surface area (Å²) in [6, 6.07) is 6.61. The zero-order valence-corrected chi connectivity index (χ0v) is 13.7. The average molecular weight is 347 g/mol. The minimum Gasteiger partial charge on any atom is -0.435 e. The zero-order valence-electron chi connectivity index (χ0n) is 13.7. The smallest absolute Gasteiger partial charge is 0.387 e. The molecule has 1 aromatic carbocycles. The van der Waals surface area contributed by atoms with E-state index in [1.165, 1.54) is 12.1 Å². The molecule has 1 aromatic heterocycles. The van der Waals surface area contributed by atoms with Crippen LogP contribution in [0.15, 0.2) is 29.1 Å². The Morgan fingerprint density at radius 2 is 2.04 bits per heavy atom. The Labute approximate surface area is 143 Å². The van der Waals surface area contributed by atoms with Crippen molar-refractivity contribution < 1.29 is 13.5 Å². The standard InChI is InChI=1S/C18H19F2N3O2/c19-18(20)25-13-5-1-11(2-6-13)9-23-8-7-15-14(10-23)17(24)22-16(21-15)12-3-4-12/h1-2,5-6,12,18H,3-4,7-10H2,(H,21,22,24). The third-order valence-electron chi connectivity index (χ3n) is 4.68. The summed E-state index contributed by atoms with van der Waals surface area (Å²) < 4.78 is 28.7. The number of nitrogens with zero attached hydrogens (tertiary/aromatic N) is 2. The Hall–Kier alpha value is -2.28. The molecule has 1 saturated carbocycles. The lowest BCUT2D eigenvalue weighted by Gasteiger charge is -2.27. The average Bonchev–Trinajstić information content (AvgIpc) is 3.42. The molecule has 1 aliphatic heterocycles. The molecule has 7 heteroatoms. The summed E-state index contributed by atoms with van der Waals surface area (Å²) in [5.41, 5.74) is 2.62. The first-order chi connectivity index (χ1) is 12.1. The highest BCUT2D eigenvalue weighted by Gasteiger charge is 2.29. The number of nitrogens with one attached hydrogen (secondary N) is 1. The zero-order chi connectivity index (χ0) is 17.4. The molecule has 25 heavy (non-hydrogen) atoms. The van der Waals surface area contributed by atoms with Gasteiger partial charge in [0.15, 0.2) is 0 Å². The van der Waals surface area contributed by atoms with Crippen LogP contribution >= 0.6 is 0 Å². The van der Waals surface area contributed by atoms with Crippen LogP contribution in [0.1, 0.15) is 41.4 Å². The summed E-state index contributed by atoms with van der Waals surface area (Å²) in [6.07, 6.45) is 2.98. The van der Waals surface area contributed by atoms with Crippen LogP contribution in [0.3, 0.4) is 0 Å². The second kappa shape index (κ2) is 6.55. The van der Waals surface area contributed by atoms with Crippen LogP contribution < -0.4 is 10.3 Å². The van der Waals surface area contributed by atoms with Gasteiger partial charge in [0, 0.05) is 32.0 Å². The number of benzene rings is 1. The van der Waals surface area contributed by atoms with E-state index >= 15 is 0 Å². The number of hydrogen-bond donors (Lipinski definition) is 1. The maximum atomic E-state index is 12.4. The number of H-pyrrole nitrogens is 1. The van der Waals surface area contributed by atoms with Gasteiger partial charge in [-0.05, 0) is 30.5 Å². The number of aromatic nitrogens is 2. The number of ether oxygens (including phenoxy) is 1. The number of alkyl halides is 2. The second-order valence-electron chi connectivity index (χ2n) is 6.63. The molecule has 1 fully saturated rings. The third kappa shape index (κ3) is 3.71. The number of rotatable bonds is 5. The molecular formula is C18H19F2N3O2. The molecule has 1 aliphatic carbocycles. The summed E-state index contributed by atoms with van der Waals surface area (Å²) >= 11 is 0. The van der Waals surface area contributed by atoms with Gasteiger partial charge in [-0.3, -0.25) is 9.69 Å². The highest BCUT2D eigenvalue weighted by molar-refractivity contribution is 5.28. The Kier molecular flexibility index (Phi) is 4.25. The Morgan fingerprint density at radius 1 is 1.28 bits per heavy atom. The van der Waals surface area contributed by atoms with Crippen LogP contribution in [-0.2, 0) is 19.5 Å². The fraction of sp³-hybridized carbons (Fsp3) is 0.444. The van der Waals surface area contributed by atoms with Crippen LogP contribution in [0.5, 0.6) is 5.75 Å². The molecule has 4 rings (SSSR count). The first-order valence-corrected chi connectivity index (χ1v) is 8.46. The van der Waals surface area contributed by atoms with Crippen LogP contribution in [0.4, 0.5) is 8.78 Å². The number of aromatic amines is 1. The van der Waals surface area contributed by atoms with E-state index in [1.54, 1.807) is 12.1 Å². The molecule has 5 nitrogen and oxygen atoms in total. The molecule has 0 radical (unpaired) electrons. The van der Waals surface area contributed by atoms with E-state index in [9.17, 15) is 13.6 Å². The number of hydrogen-bond acceptors (Lipinski definition) is 4. The van der Waals surface area contributed by atoms with Crippen molar-refractivity contribution in [1.29, 1.82) is 0 Å². The van der Waals surface area contributed by atoms with Crippen molar-refractivity contribution in [2.45, 2.75) is 44.9 Å². The maximum Gasteiger partial charge on any atom is 0.387 e. The third-order valence-corrected chi connectivity index (χ3v) is 4.68. The number of halogens is 2. The van der Waals surface area contributed by atoms with Gasteiger partial charge in [0.1, 0.15) is 11.6 Å². The van der Waals surface area contributed by atoms with Gasteiger partial charge in [0.05, 0.1) is 11.3 Å². The minimum atomic E-state index is -2.82. The van der Waals surface area contributed by atoms with E-state index < -0.39 is 6.61 Å². The highest BCUT2D eigenvalue weighted by Crippen LogP contribution is 2.37. The lowest BCUT2D eigenvalue weighted by Crippen LogP contribution is -2.35. The number of fused-ring (bicyclic) bond motifs is 1. The predicted molar refractivity (Wildman–Crippen MR) is 87.7 cm³/mol. The molecular weight excluding hydrogens is 328 g/mol. The topological polar surface area (TPSA) is 58.2 Å². The van der Waals surface area contributed by atoms with Crippen LogP contribution in [0, 0.1) is 0 Å². The largest absolute Gasteiger partial charge is 0.435 e. The molecule has 2 heterocycles. The van der Waals surface area contributed by atoms with Crippen molar-refractivity contribution in [2.75, 3.05) is 6.54 Å². The van der Waals surface area contributed by atoms with Gasteiger partial charge in [-0.2, -0.15) is 8.78 Å². The summed E-state index contributed by atoms with van der Waals surface area (Å²) in [5, 5.41) is 0. The van der Waals surface area contributed by atoms with Crippen molar-refractivity contribution in [2.24, 2.45) is 0 Å². The van der Waals surface area contributed by atoms with Gasteiger partial charge in [0.2, 0.25) is 0 Å². The molecule has 2 aliphatic rings. The van der Waals surface area contributed by atoms with Gasteiger partial charge in [-0.15, -0.1) is 0 Å². The normalized spacial score (nSPS) is 17.6. The van der Waals surface area contributed by atoms with E-state index in [1.807, 2.05) is 0 Å². The van der Waals surface area contributed by atoms with Crippen molar-refractivity contribution in [3.63, 3.8) is 0 Å². The van der Waals surface area contributed by atoms with Crippen molar-refractivity contribution in [1.82, 2.24) is 14.9 Å². The second-order valence-corrected chi connectivity index (χ2v) is 6.63. The van der Waals surface area contributed by atoms with Crippen LogP contribution in [-0.4, -0.2) is 28.0 Å². The molecule has 0 amide bonds. The first kappa shape index (κ1) is 16.2. The lowest BCUT2D eigenvalue weighted by atomic mass is 10.1. The fourth-order valence-corrected chi connectivity index (χ4v) is 3.22. The highest BCUT2D eigenvalue weighted by atomic mass is 19.3. The fourth-order valence-electron chi connectivity index (χ4n) is 3.22. The van der Waals surface area contributed by atoms with Gasteiger partial charge >= 0.3 is 6.61 Å². The molecule has 2 aromatic rings.